The monoisotopic (exact) mass is 333 g/mol. The van der Waals surface area contributed by atoms with Gasteiger partial charge in [-0.05, 0) is 50.6 Å². The molecule has 1 atom stereocenters. The van der Waals surface area contributed by atoms with Crippen molar-refractivity contribution in [2.45, 2.75) is 32.9 Å². The number of rotatable bonds is 5. The van der Waals surface area contributed by atoms with Crippen molar-refractivity contribution in [2.24, 2.45) is 0 Å². The van der Waals surface area contributed by atoms with Crippen LogP contribution in [0.5, 0.6) is 5.75 Å². The third kappa shape index (κ3) is 4.01. The van der Waals surface area contributed by atoms with E-state index in [0.29, 0.717) is 0 Å². The first kappa shape index (κ1) is 14.9. The van der Waals surface area contributed by atoms with Crippen LogP contribution in [-0.2, 0) is 0 Å². The van der Waals surface area contributed by atoms with Gasteiger partial charge in [-0.15, -0.1) is 0 Å². The second kappa shape index (κ2) is 6.80. The van der Waals surface area contributed by atoms with Crippen LogP contribution >= 0.6 is 15.9 Å². The predicted molar refractivity (Wildman–Crippen MR) is 88.4 cm³/mol. The average molecular weight is 334 g/mol. The normalized spacial score (nSPS) is 12.2. The second-order valence-corrected chi connectivity index (χ2v) is 6.00. The van der Waals surface area contributed by atoms with E-state index in [9.17, 15) is 0 Å². The fraction of sp³-hybridized carbons (Fsp3) is 0.294. The Morgan fingerprint density at radius 1 is 1.00 bits per heavy atom. The second-order valence-electron chi connectivity index (χ2n) is 5.08. The summed E-state index contributed by atoms with van der Waals surface area (Å²) in [6, 6.07) is 16.6. The van der Waals surface area contributed by atoms with Gasteiger partial charge in [0, 0.05) is 10.5 Å². The third-order valence-electron chi connectivity index (χ3n) is 2.97. The highest BCUT2D eigenvalue weighted by molar-refractivity contribution is 9.10. The lowest BCUT2D eigenvalue weighted by Gasteiger charge is -2.20. The Balaban J connectivity index is 2.17. The summed E-state index contributed by atoms with van der Waals surface area (Å²) in [5.74, 6) is 0.893. The molecule has 0 fully saturated rings. The minimum Gasteiger partial charge on any atom is -0.489 e. The number of anilines is 1. The van der Waals surface area contributed by atoms with Crippen LogP contribution in [0.4, 0.5) is 5.69 Å². The standard InChI is InChI=1S/C17H20BrNO/c1-12(2)20-17-10-5-4-9-16(17)19-13(3)14-7-6-8-15(18)11-14/h4-13,19H,1-3H3. The van der Waals surface area contributed by atoms with Gasteiger partial charge in [-0.1, -0.05) is 40.2 Å². The van der Waals surface area contributed by atoms with Crippen LogP contribution in [0, 0.1) is 0 Å². The van der Waals surface area contributed by atoms with Crippen LogP contribution in [0.3, 0.4) is 0 Å². The smallest absolute Gasteiger partial charge is 0.142 e. The first-order valence-electron chi connectivity index (χ1n) is 6.84. The number of nitrogens with one attached hydrogen (secondary N) is 1. The zero-order chi connectivity index (χ0) is 14.5. The van der Waals surface area contributed by atoms with E-state index in [1.807, 2.05) is 50.2 Å². The van der Waals surface area contributed by atoms with E-state index in [2.05, 4.69) is 40.3 Å². The third-order valence-corrected chi connectivity index (χ3v) is 3.46. The van der Waals surface area contributed by atoms with Gasteiger partial charge in [0.05, 0.1) is 11.8 Å². The Kier molecular flexibility index (Phi) is 5.07. The van der Waals surface area contributed by atoms with Crippen molar-refractivity contribution in [1.29, 1.82) is 0 Å². The van der Waals surface area contributed by atoms with Gasteiger partial charge in [0.15, 0.2) is 0 Å². The van der Waals surface area contributed by atoms with Gasteiger partial charge >= 0.3 is 0 Å². The molecule has 0 bridgehead atoms. The first-order valence-corrected chi connectivity index (χ1v) is 7.63. The molecule has 0 radical (unpaired) electrons. The van der Waals surface area contributed by atoms with Crippen LogP contribution in [0.15, 0.2) is 53.0 Å². The molecule has 2 rings (SSSR count). The van der Waals surface area contributed by atoms with E-state index in [1.165, 1.54) is 5.56 Å². The van der Waals surface area contributed by atoms with Crippen LogP contribution in [0.1, 0.15) is 32.4 Å². The zero-order valence-corrected chi connectivity index (χ0v) is 13.6. The minimum absolute atomic E-state index is 0.166. The summed E-state index contributed by atoms with van der Waals surface area (Å²) < 4.78 is 6.93. The molecule has 1 N–H and O–H groups in total. The molecule has 0 aliphatic rings. The molecular weight excluding hydrogens is 314 g/mol. The molecule has 106 valence electrons. The SMILES string of the molecule is CC(C)Oc1ccccc1NC(C)c1cccc(Br)c1. The molecule has 0 saturated carbocycles. The van der Waals surface area contributed by atoms with Crippen LogP contribution < -0.4 is 10.1 Å². The lowest BCUT2D eigenvalue weighted by Crippen LogP contribution is -2.11. The quantitative estimate of drug-likeness (QED) is 0.789. The molecule has 3 heteroatoms. The Hall–Kier alpha value is -1.48. The van der Waals surface area contributed by atoms with E-state index in [4.69, 9.17) is 4.74 Å². The fourth-order valence-corrected chi connectivity index (χ4v) is 2.45. The van der Waals surface area contributed by atoms with Crippen molar-refractivity contribution in [3.63, 3.8) is 0 Å². The molecule has 0 aromatic heterocycles. The maximum absolute atomic E-state index is 5.83. The number of hydrogen-bond donors (Lipinski definition) is 1. The zero-order valence-electron chi connectivity index (χ0n) is 12.1. The van der Waals surface area contributed by atoms with Crippen LogP contribution in [0.25, 0.3) is 0 Å². The molecular formula is C17H20BrNO. The van der Waals surface area contributed by atoms with Gasteiger partial charge in [-0.2, -0.15) is 0 Å². The molecule has 1 unspecified atom stereocenters. The van der Waals surface area contributed by atoms with Crippen molar-refractivity contribution in [3.8, 4) is 5.75 Å². The highest BCUT2D eigenvalue weighted by Gasteiger charge is 2.10. The van der Waals surface area contributed by atoms with Gasteiger partial charge in [0.2, 0.25) is 0 Å². The van der Waals surface area contributed by atoms with Crippen molar-refractivity contribution >= 4 is 21.6 Å². The summed E-state index contributed by atoms with van der Waals surface area (Å²) in [5.41, 5.74) is 2.26. The average Bonchev–Trinajstić information content (AvgIpc) is 2.40. The van der Waals surface area contributed by atoms with E-state index in [1.54, 1.807) is 0 Å². The Morgan fingerprint density at radius 3 is 2.45 bits per heavy atom. The van der Waals surface area contributed by atoms with Crippen LogP contribution in [-0.4, -0.2) is 6.10 Å². The van der Waals surface area contributed by atoms with Crippen molar-refractivity contribution in [1.82, 2.24) is 0 Å². The van der Waals surface area contributed by atoms with E-state index in [-0.39, 0.29) is 12.1 Å². The number of hydrogen-bond acceptors (Lipinski definition) is 2. The molecule has 0 saturated heterocycles. The number of halogens is 1. The lowest BCUT2D eigenvalue weighted by molar-refractivity contribution is 0.243. The molecule has 0 aliphatic carbocycles. The summed E-state index contributed by atoms with van der Waals surface area (Å²) >= 11 is 3.51. The summed E-state index contributed by atoms with van der Waals surface area (Å²) in [6.45, 7) is 6.22. The van der Waals surface area contributed by atoms with Gasteiger partial charge < -0.3 is 10.1 Å². The van der Waals surface area contributed by atoms with Gasteiger partial charge in [-0.25, -0.2) is 0 Å². The summed E-state index contributed by atoms with van der Waals surface area (Å²) in [6.07, 6.45) is 0.166. The van der Waals surface area contributed by atoms with Crippen LogP contribution in [0.2, 0.25) is 0 Å². The highest BCUT2D eigenvalue weighted by Crippen LogP contribution is 2.29. The highest BCUT2D eigenvalue weighted by atomic mass is 79.9. The molecule has 20 heavy (non-hydrogen) atoms. The predicted octanol–water partition coefficient (Wildman–Crippen LogP) is 5.41. The van der Waals surface area contributed by atoms with Crippen molar-refractivity contribution in [3.05, 3.63) is 58.6 Å². The lowest BCUT2D eigenvalue weighted by atomic mass is 10.1. The number of benzene rings is 2. The minimum atomic E-state index is 0.166. The van der Waals surface area contributed by atoms with Crippen molar-refractivity contribution in [2.75, 3.05) is 5.32 Å². The molecule has 2 aromatic rings. The van der Waals surface area contributed by atoms with E-state index in [0.717, 1.165) is 15.9 Å². The summed E-state index contributed by atoms with van der Waals surface area (Å²) in [4.78, 5) is 0. The Morgan fingerprint density at radius 2 is 1.75 bits per heavy atom. The molecule has 0 aliphatic heterocycles. The topological polar surface area (TPSA) is 21.3 Å². The largest absolute Gasteiger partial charge is 0.489 e. The molecule has 2 nitrogen and oxygen atoms in total. The van der Waals surface area contributed by atoms with E-state index >= 15 is 0 Å². The van der Waals surface area contributed by atoms with Gasteiger partial charge in [-0.3, -0.25) is 0 Å². The van der Waals surface area contributed by atoms with Crippen molar-refractivity contribution < 1.29 is 4.74 Å². The summed E-state index contributed by atoms with van der Waals surface area (Å²) in [5, 5.41) is 3.51. The maximum Gasteiger partial charge on any atom is 0.142 e. The number of ether oxygens (including phenoxy) is 1. The molecule has 0 spiro atoms. The van der Waals surface area contributed by atoms with Gasteiger partial charge in [0.1, 0.15) is 5.75 Å². The Labute approximate surface area is 129 Å². The summed E-state index contributed by atoms with van der Waals surface area (Å²) in [7, 11) is 0. The molecule has 0 heterocycles. The fourth-order valence-electron chi connectivity index (χ4n) is 2.04. The Bertz CT molecular complexity index is 568. The van der Waals surface area contributed by atoms with Gasteiger partial charge in [0.25, 0.3) is 0 Å². The maximum atomic E-state index is 5.83. The number of para-hydroxylation sites is 2. The molecule has 0 amide bonds. The first-order chi connectivity index (χ1) is 9.56. The van der Waals surface area contributed by atoms with E-state index < -0.39 is 0 Å². The molecule has 2 aromatic carbocycles.